The fourth-order valence-electron chi connectivity index (χ4n) is 4.83. The molecule has 0 saturated carbocycles. The van der Waals surface area contributed by atoms with E-state index in [1.165, 1.54) is 22.0 Å². The van der Waals surface area contributed by atoms with Gasteiger partial charge in [-0.3, -0.25) is 15.0 Å². The van der Waals surface area contributed by atoms with Gasteiger partial charge in [-0.15, -0.1) is 0 Å². The lowest BCUT2D eigenvalue weighted by atomic mass is 9.93. The smallest absolute Gasteiger partial charge is 0.269 e. The highest BCUT2D eigenvalue weighted by atomic mass is 32.2. The van der Waals surface area contributed by atoms with Gasteiger partial charge in [-0.2, -0.15) is 4.31 Å². The van der Waals surface area contributed by atoms with Crippen LogP contribution < -0.4 is 0 Å². The number of fused-ring (bicyclic) bond motifs is 3. The van der Waals surface area contributed by atoms with Crippen molar-refractivity contribution in [3.63, 3.8) is 0 Å². The number of hydrogen-bond donors (Lipinski definition) is 0. The number of non-ortho nitro benzene ring substituents is 1. The Morgan fingerprint density at radius 2 is 1.75 bits per heavy atom. The molecular formula is C24H23N3O4S. The Morgan fingerprint density at radius 3 is 2.50 bits per heavy atom. The Balaban J connectivity index is 1.65. The summed E-state index contributed by atoms with van der Waals surface area (Å²) >= 11 is 0. The van der Waals surface area contributed by atoms with Crippen molar-refractivity contribution in [1.29, 1.82) is 0 Å². The highest BCUT2D eigenvalue weighted by molar-refractivity contribution is 7.89. The number of rotatable bonds is 4. The van der Waals surface area contributed by atoms with E-state index >= 15 is 0 Å². The molecule has 0 N–H and O–H groups in total. The van der Waals surface area contributed by atoms with Crippen LogP contribution in [0.25, 0.3) is 0 Å². The van der Waals surface area contributed by atoms with Crippen LogP contribution in [0.1, 0.15) is 34.5 Å². The van der Waals surface area contributed by atoms with Gasteiger partial charge < -0.3 is 0 Å². The predicted octanol–water partition coefficient (Wildman–Crippen LogP) is 4.21. The number of nitro benzene ring substituents is 1. The van der Waals surface area contributed by atoms with Gasteiger partial charge in [0.15, 0.2) is 0 Å². The SMILES string of the molecule is Cc1ccc(S(=O)(=O)N2C[C@@H]3c4ccccc4CCN3[C@@H]2c2cccc([N+](=O)[O-])c2)cc1. The van der Waals surface area contributed by atoms with Gasteiger partial charge in [0.05, 0.1) is 15.9 Å². The molecule has 2 aliphatic rings. The van der Waals surface area contributed by atoms with E-state index in [9.17, 15) is 18.5 Å². The largest absolute Gasteiger partial charge is 0.274 e. The molecule has 0 bridgehead atoms. The zero-order valence-corrected chi connectivity index (χ0v) is 18.4. The highest BCUT2D eigenvalue weighted by Crippen LogP contribution is 2.47. The van der Waals surface area contributed by atoms with Crippen molar-refractivity contribution in [2.75, 3.05) is 13.1 Å². The summed E-state index contributed by atoms with van der Waals surface area (Å²) in [5.41, 5.74) is 3.89. The van der Waals surface area contributed by atoms with Crippen LogP contribution in [0, 0.1) is 17.0 Å². The van der Waals surface area contributed by atoms with Crippen molar-refractivity contribution < 1.29 is 13.3 Å². The Bertz CT molecular complexity index is 1290. The van der Waals surface area contributed by atoms with Gasteiger partial charge in [0.25, 0.3) is 5.69 Å². The first-order valence-electron chi connectivity index (χ1n) is 10.5. The van der Waals surface area contributed by atoms with Gasteiger partial charge in [0.1, 0.15) is 6.17 Å². The van der Waals surface area contributed by atoms with Gasteiger partial charge in [0.2, 0.25) is 10.0 Å². The molecule has 3 aromatic rings. The molecule has 2 aliphatic heterocycles. The summed E-state index contributed by atoms with van der Waals surface area (Å²) < 4.78 is 29.0. The van der Waals surface area contributed by atoms with Crippen molar-refractivity contribution in [2.24, 2.45) is 0 Å². The second-order valence-corrected chi connectivity index (χ2v) is 10.2. The first-order valence-corrected chi connectivity index (χ1v) is 12.0. The quantitative estimate of drug-likeness (QED) is 0.440. The minimum atomic E-state index is -3.82. The van der Waals surface area contributed by atoms with Crippen molar-refractivity contribution in [2.45, 2.75) is 30.4 Å². The van der Waals surface area contributed by atoms with Crippen LogP contribution in [-0.2, 0) is 16.4 Å². The molecular weight excluding hydrogens is 426 g/mol. The average Bonchev–Trinajstić information content (AvgIpc) is 3.20. The molecule has 1 saturated heterocycles. The van der Waals surface area contributed by atoms with Crippen molar-refractivity contribution in [3.05, 3.63) is 105 Å². The van der Waals surface area contributed by atoms with Gasteiger partial charge in [-0.05, 0) is 42.2 Å². The molecule has 5 rings (SSSR count). The highest BCUT2D eigenvalue weighted by Gasteiger charge is 2.48. The Labute approximate surface area is 187 Å². The molecule has 3 aromatic carbocycles. The summed E-state index contributed by atoms with van der Waals surface area (Å²) in [7, 11) is -3.82. The van der Waals surface area contributed by atoms with Crippen LogP contribution in [0.4, 0.5) is 5.69 Å². The van der Waals surface area contributed by atoms with E-state index < -0.39 is 21.1 Å². The van der Waals surface area contributed by atoms with E-state index in [4.69, 9.17) is 0 Å². The summed E-state index contributed by atoms with van der Waals surface area (Å²) in [6, 6.07) is 21.2. The molecule has 7 nitrogen and oxygen atoms in total. The maximum atomic E-state index is 13.8. The molecule has 0 spiro atoms. The number of aryl methyl sites for hydroxylation is 1. The summed E-state index contributed by atoms with van der Waals surface area (Å²) in [5.74, 6) is 0. The minimum Gasteiger partial charge on any atom is -0.274 e. The summed E-state index contributed by atoms with van der Waals surface area (Å²) in [5, 5.41) is 11.4. The zero-order valence-electron chi connectivity index (χ0n) is 17.6. The first-order chi connectivity index (χ1) is 15.4. The lowest BCUT2D eigenvalue weighted by molar-refractivity contribution is -0.385. The Morgan fingerprint density at radius 1 is 1.00 bits per heavy atom. The average molecular weight is 450 g/mol. The predicted molar refractivity (Wildman–Crippen MR) is 121 cm³/mol. The normalized spacial score (nSPS) is 21.2. The molecule has 32 heavy (non-hydrogen) atoms. The summed E-state index contributed by atoms with van der Waals surface area (Å²) in [4.78, 5) is 13.4. The topological polar surface area (TPSA) is 83.8 Å². The summed E-state index contributed by atoms with van der Waals surface area (Å²) in [6.07, 6.45) is 0.191. The van der Waals surface area contributed by atoms with Crippen LogP contribution in [0.5, 0.6) is 0 Å². The molecule has 8 heteroatoms. The minimum absolute atomic E-state index is 0.0453. The van der Waals surface area contributed by atoms with Crippen LogP contribution >= 0.6 is 0 Å². The number of hydrogen-bond acceptors (Lipinski definition) is 5. The molecule has 164 valence electrons. The Kier molecular flexibility index (Phi) is 5.08. The van der Waals surface area contributed by atoms with E-state index in [2.05, 4.69) is 17.0 Å². The van der Waals surface area contributed by atoms with Crippen LogP contribution in [0.15, 0.2) is 77.7 Å². The van der Waals surface area contributed by atoms with E-state index in [1.807, 2.05) is 19.1 Å². The second-order valence-electron chi connectivity index (χ2n) is 8.32. The number of nitro groups is 1. The molecule has 0 radical (unpaired) electrons. The van der Waals surface area contributed by atoms with E-state index in [0.717, 1.165) is 17.5 Å². The van der Waals surface area contributed by atoms with Crippen molar-refractivity contribution in [1.82, 2.24) is 9.21 Å². The van der Waals surface area contributed by atoms with Gasteiger partial charge >= 0.3 is 0 Å². The maximum Gasteiger partial charge on any atom is 0.269 e. The molecule has 2 heterocycles. The third-order valence-electron chi connectivity index (χ3n) is 6.40. The van der Waals surface area contributed by atoms with E-state index in [-0.39, 0.29) is 16.6 Å². The molecule has 0 amide bonds. The molecule has 0 unspecified atom stereocenters. The molecule has 0 aliphatic carbocycles. The third-order valence-corrected chi connectivity index (χ3v) is 8.23. The third kappa shape index (κ3) is 3.40. The number of benzene rings is 3. The lowest BCUT2D eigenvalue weighted by Crippen LogP contribution is -2.37. The molecule has 2 atom stereocenters. The lowest BCUT2D eigenvalue weighted by Gasteiger charge is -2.35. The van der Waals surface area contributed by atoms with Crippen molar-refractivity contribution >= 4 is 15.7 Å². The molecule has 1 fully saturated rings. The summed E-state index contributed by atoms with van der Waals surface area (Å²) in [6.45, 7) is 2.88. The standard InChI is InChI=1S/C24H23N3O4S/c1-17-9-11-21(12-10-17)32(30,31)26-16-23-22-8-3-2-5-18(22)13-14-25(23)24(26)19-6-4-7-20(15-19)27(28)29/h2-12,15,23-24H,13-14,16H2,1H3/t23-,24+/m1/s1. The van der Waals surface area contributed by atoms with Gasteiger partial charge in [0, 0.05) is 25.2 Å². The Hall–Kier alpha value is -3.07. The maximum absolute atomic E-state index is 13.8. The monoisotopic (exact) mass is 449 g/mol. The number of sulfonamides is 1. The fourth-order valence-corrected chi connectivity index (χ4v) is 6.43. The van der Waals surface area contributed by atoms with Crippen LogP contribution in [0.2, 0.25) is 0 Å². The van der Waals surface area contributed by atoms with Crippen LogP contribution in [0.3, 0.4) is 0 Å². The first kappa shape index (κ1) is 20.8. The van der Waals surface area contributed by atoms with E-state index in [0.29, 0.717) is 18.7 Å². The van der Waals surface area contributed by atoms with Gasteiger partial charge in [-0.1, -0.05) is 54.1 Å². The number of nitrogens with zero attached hydrogens (tertiary/aromatic N) is 3. The van der Waals surface area contributed by atoms with Gasteiger partial charge in [-0.25, -0.2) is 8.42 Å². The second kappa shape index (κ2) is 7.81. The zero-order chi connectivity index (χ0) is 22.5. The van der Waals surface area contributed by atoms with Crippen molar-refractivity contribution in [3.8, 4) is 0 Å². The fraction of sp³-hybridized carbons (Fsp3) is 0.250. The van der Waals surface area contributed by atoms with E-state index in [1.54, 1.807) is 36.4 Å². The van der Waals surface area contributed by atoms with Crippen LogP contribution in [-0.4, -0.2) is 35.6 Å². The molecule has 0 aromatic heterocycles.